The fourth-order valence-corrected chi connectivity index (χ4v) is 4.71. The number of anilines is 1. The molecule has 0 saturated carbocycles. The van der Waals surface area contributed by atoms with Gasteiger partial charge < -0.3 is 18.9 Å². The van der Waals surface area contributed by atoms with Crippen LogP contribution in [0.2, 0.25) is 0 Å². The number of fused-ring (bicyclic) bond motifs is 1. The Labute approximate surface area is 232 Å². The van der Waals surface area contributed by atoms with Gasteiger partial charge in [-0.05, 0) is 57.0 Å². The number of amides is 2. The molecule has 226 valence electrons. The first-order valence-corrected chi connectivity index (χ1v) is 12.4. The molecule has 8 nitrogen and oxygen atoms in total. The summed E-state index contributed by atoms with van der Waals surface area (Å²) in [6.45, 7) is 4.32. The van der Waals surface area contributed by atoms with Gasteiger partial charge in [-0.25, -0.2) is 9.59 Å². The van der Waals surface area contributed by atoms with Crippen molar-refractivity contribution in [2.45, 2.75) is 64.3 Å². The second kappa shape index (κ2) is 12.0. The molecule has 0 aliphatic carbocycles. The van der Waals surface area contributed by atoms with E-state index in [1.54, 1.807) is 20.8 Å². The van der Waals surface area contributed by atoms with Crippen LogP contribution in [0, 0.1) is 0 Å². The molecule has 1 aliphatic rings. The van der Waals surface area contributed by atoms with E-state index in [0.29, 0.717) is 17.7 Å². The molecule has 1 aliphatic heterocycles. The highest BCUT2D eigenvalue weighted by molar-refractivity contribution is 5.91. The Morgan fingerprint density at radius 1 is 0.927 bits per heavy atom. The van der Waals surface area contributed by atoms with Crippen molar-refractivity contribution in [3.8, 4) is 11.5 Å². The van der Waals surface area contributed by atoms with Crippen molar-refractivity contribution in [1.82, 2.24) is 4.90 Å². The first-order chi connectivity index (χ1) is 19.0. The van der Waals surface area contributed by atoms with Crippen molar-refractivity contribution in [2.24, 2.45) is 0 Å². The molecular weight excluding hydrogens is 562 g/mol. The van der Waals surface area contributed by atoms with E-state index < -0.39 is 66.0 Å². The van der Waals surface area contributed by atoms with Crippen LogP contribution in [0.4, 0.5) is 41.6 Å². The number of halogens is 6. The zero-order valence-electron chi connectivity index (χ0n) is 23.1. The van der Waals surface area contributed by atoms with Crippen LogP contribution < -0.4 is 14.4 Å². The monoisotopic (exact) mass is 592 g/mol. The van der Waals surface area contributed by atoms with Crippen LogP contribution in [0.25, 0.3) is 0 Å². The number of benzene rings is 2. The van der Waals surface area contributed by atoms with Gasteiger partial charge in [0.1, 0.15) is 0 Å². The number of nitrogens with zero attached hydrogens (tertiary/aromatic N) is 2. The van der Waals surface area contributed by atoms with E-state index in [1.807, 2.05) is 0 Å². The third-order valence-corrected chi connectivity index (χ3v) is 6.48. The normalized spacial score (nSPS) is 17.1. The van der Waals surface area contributed by atoms with Gasteiger partial charge in [-0.1, -0.05) is 0 Å². The van der Waals surface area contributed by atoms with Crippen molar-refractivity contribution in [1.29, 1.82) is 0 Å². The maximum absolute atomic E-state index is 13.5. The van der Waals surface area contributed by atoms with Crippen molar-refractivity contribution in [3.05, 3.63) is 52.6 Å². The molecule has 2 atom stereocenters. The maximum atomic E-state index is 13.5. The average molecular weight is 593 g/mol. The molecule has 0 fully saturated rings. The first-order valence-electron chi connectivity index (χ1n) is 12.4. The van der Waals surface area contributed by atoms with E-state index in [1.165, 1.54) is 31.3 Å². The second-order valence-electron chi connectivity index (χ2n) is 9.68. The van der Waals surface area contributed by atoms with Gasteiger partial charge in [0.05, 0.1) is 50.3 Å². The van der Waals surface area contributed by atoms with Crippen LogP contribution >= 0.6 is 0 Å². The van der Waals surface area contributed by atoms with Crippen molar-refractivity contribution >= 4 is 17.9 Å². The number of alkyl halides is 6. The van der Waals surface area contributed by atoms with E-state index >= 15 is 0 Å². The first kappa shape index (κ1) is 31.7. The summed E-state index contributed by atoms with van der Waals surface area (Å²) in [4.78, 5) is 28.5. The third-order valence-electron chi connectivity index (χ3n) is 6.48. The molecule has 1 heterocycles. The largest absolute Gasteiger partial charge is 0.493 e. The van der Waals surface area contributed by atoms with Crippen molar-refractivity contribution in [3.63, 3.8) is 0 Å². The SMILES string of the molecule is COC(=O)N(Cc1cc(C(F)(F)F)cc(C(F)(F)F)c1)C1CC(C)N(C(=O)OC(C)C)c2cc(OC)c(OC)cc21. The smallest absolute Gasteiger partial charge is 0.416 e. The van der Waals surface area contributed by atoms with E-state index in [-0.39, 0.29) is 29.7 Å². The predicted octanol–water partition coefficient (Wildman–Crippen LogP) is 7.19. The third kappa shape index (κ3) is 6.91. The predicted molar refractivity (Wildman–Crippen MR) is 135 cm³/mol. The van der Waals surface area contributed by atoms with Crippen molar-refractivity contribution in [2.75, 3.05) is 26.2 Å². The molecule has 2 aromatic rings. The molecule has 0 bridgehead atoms. The van der Waals surface area contributed by atoms with Crippen LogP contribution in [0.5, 0.6) is 11.5 Å². The summed E-state index contributed by atoms with van der Waals surface area (Å²) in [5, 5.41) is 0. The fourth-order valence-electron chi connectivity index (χ4n) is 4.71. The lowest BCUT2D eigenvalue weighted by atomic mass is 9.90. The van der Waals surface area contributed by atoms with E-state index in [2.05, 4.69) is 0 Å². The summed E-state index contributed by atoms with van der Waals surface area (Å²) in [5.74, 6) is 0.449. The lowest BCUT2D eigenvalue weighted by Gasteiger charge is -2.43. The summed E-state index contributed by atoms with van der Waals surface area (Å²) >= 11 is 0. The van der Waals surface area contributed by atoms with Crippen LogP contribution in [0.3, 0.4) is 0 Å². The van der Waals surface area contributed by atoms with Crippen LogP contribution in [0.1, 0.15) is 55.5 Å². The molecule has 2 amide bonds. The quantitative estimate of drug-likeness (QED) is 0.331. The molecular formula is C27H30F6N2O6. The van der Waals surface area contributed by atoms with Crippen LogP contribution in [-0.4, -0.2) is 50.6 Å². The fraction of sp³-hybridized carbons (Fsp3) is 0.481. The molecule has 0 radical (unpaired) electrons. The van der Waals surface area contributed by atoms with Gasteiger partial charge in [-0.2, -0.15) is 26.3 Å². The number of carbonyl (C=O) groups is 2. The summed E-state index contributed by atoms with van der Waals surface area (Å²) < 4.78 is 102. The molecule has 41 heavy (non-hydrogen) atoms. The summed E-state index contributed by atoms with van der Waals surface area (Å²) in [6, 6.07) is 2.51. The number of carbonyl (C=O) groups excluding carboxylic acids is 2. The van der Waals surface area contributed by atoms with E-state index in [4.69, 9.17) is 18.9 Å². The maximum Gasteiger partial charge on any atom is 0.416 e. The molecule has 0 spiro atoms. The van der Waals surface area contributed by atoms with Crippen molar-refractivity contribution < 1.29 is 54.9 Å². The van der Waals surface area contributed by atoms with Gasteiger partial charge in [0.25, 0.3) is 0 Å². The van der Waals surface area contributed by atoms with Gasteiger partial charge in [0, 0.05) is 24.2 Å². The standard InChI is InChI=1S/C27H30F6N2O6/c1-14(2)41-25(37)35-15(3)7-20(19-11-22(38-4)23(39-5)12-21(19)35)34(24(36)40-6)13-16-8-17(26(28,29)30)10-18(9-16)27(31,32)33/h8-12,14-15,20H,7,13H2,1-6H3. The van der Waals surface area contributed by atoms with Gasteiger partial charge >= 0.3 is 24.5 Å². The van der Waals surface area contributed by atoms with Crippen LogP contribution in [0.15, 0.2) is 30.3 Å². The topological polar surface area (TPSA) is 77.5 Å². The van der Waals surface area contributed by atoms with Gasteiger partial charge in [0.2, 0.25) is 0 Å². The molecule has 14 heteroatoms. The Kier molecular flexibility index (Phi) is 9.24. The molecule has 0 saturated heterocycles. The van der Waals surface area contributed by atoms with Gasteiger partial charge in [0.15, 0.2) is 11.5 Å². The van der Waals surface area contributed by atoms with E-state index in [9.17, 15) is 35.9 Å². The Morgan fingerprint density at radius 2 is 1.46 bits per heavy atom. The number of ether oxygens (including phenoxy) is 4. The molecule has 0 aromatic heterocycles. The number of methoxy groups -OCH3 is 3. The highest BCUT2D eigenvalue weighted by Crippen LogP contribution is 2.47. The van der Waals surface area contributed by atoms with Gasteiger partial charge in [-0.3, -0.25) is 9.80 Å². The molecule has 2 unspecified atom stereocenters. The molecule has 3 rings (SSSR count). The number of hydrogen-bond acceptors (Lipinski definition) is 6. The van der Waals surface area contributed by atoms with Gasteiger partial charge in [-0.15, -0.1) is 0 Å². The summed E-state index contributed by atoms with van der Waals surface area (Å²) in [5.41, 5.74) is -2.88. The minimum atomic E-state index is -5.07. The Morgan fingerprint density at radius 3 is 1.93 bits per heavy atom. The number of rotatable bonds is 6. The Hall–Kier alpha value is -3.84. The minimum Gasteiger partial charge on any atom is -0.493 e. The molecule has 0 N–H and O–H groups in total. The second-order valence-corrected chi connectivity index (χ2v) is 9.68. The lowest BCUT2D eigenvalue weighted by molar-refractivity contribution is -0.143. The number of hydrogen-bond donors (Lipinski definition) is 0. The van der Waals surface area contributed by atoms with Crippen LogP contribution in [-0.2, 0) is 28.4 Å². The lowest BCUT2D eigenvalue weighted by Crippen LogP contribution is -2.48. The average Bonchev–Trinajstić information content (AvgIpc) is 2.88. The van der Waals surface area contributed by atoms with E-state index in [0.717, 1.165) is 12.0 Å². The highest BCUT2D eigenvalue weighted by Gasteiger charge is 2.42. The minimum absolute atomic E-state index is 0.0132. The Balaban J connectivity index is 2.20. The zero-order chi connectivity index (χ0) is 30.9. The summed E-state index contributed by atoms with van der Waals surface area (Å²) in [6.07, 6.45) is -12.3. The summed E-state index contributed by atoms with van der Waals surface area (Å²) in [7, 11) is 3.77. The zero-order valence-corrected chi connectivity index (χ0v) is 23.1. The Bertz CT molecular complexity index is 1250. The molecule has 2 aromatic carbocycles. The highest BCUT2D eigenvalue weighted by atomic mass is 19.4.